The van der Waals surface area contributed by atoms with Crippen molar-refractivity contribution in [2.24, 2.45) is 4.99 Å². The maximum absolute atomic E-state index is 5.58. The van der Waals surface area contributed by atoms with Crippen LogP contribution in [-0.4, -0.2) is 59.2 Å². The van der Waals surface area contributed by atoms with Crippen LogP contribution in [0.1, 0.15) is 11.3 Å². The molecule has 0 radical (unpaired) electrons. The topological polar surface area (TPSA) is 79.3 Å². The Morgan fingerprint density at radius 2 is 2.07 bits per heavy atom. The Morgan fingerprint density at radius 3 is 2.93 bits per heavy atom. The van der Waals surface area contributed by atoms with Crippen molar-refractivity contribution in [2.45, 2.75) is 6.42 Å². The summed E-state index contributed by atoms with van der Waals surface area (Å²) in [5.41, 5.74) is 4.29. The second-order valence-electron chi connectivity index (χ2n) is 7.43. The van der Waals surface area contributed by atoms with Crippen LogP contribution in [0.5, 0.6) is 0 Å². The van der Waals surface area contributed by atoms with Crippen LogP contribution in [0.15, 0.2) is 41.5 Å². The first-order valence-corrected chi connectivity index (χ1v) is 10.9. The minimum Gasteiger partial charge on any atom is -0.378 e. The predicted octanol–water partition coefficient (Wildman–Crippen LogP) is 3.93. The van der Waals surface area contributed by atoms with E-state index >= 15 is 0 Å². The van der Waals surface area contributed by atoms with E-state index in [2.05, 4.69) is 38.3 Å². The van der Waals surface area contributed by atoms with Crippen molar-refractivity contribution in [2.75, 3.05) is 37.7 Å². The standard InChI is InChI=1S/C22H20N6OS/c1-2-15(16-13-24-27-17(16)3-1)21-25-18-12-19(14-4-6-23-7-5-14)30-20(18)22(26-21)28-8-10-29-11-9-28/h1-4,6,12-13H,5,7-11H2,(H,24,27). The van der Waals surface area contributed by atoms with Crippen molar-refractivity contribution < 1.29 is 4.74 Å². The molecule has 0 spiro atoms. The molecule has 150 valence electrons. The Morgan fingerprint density at radius 1 is 1.13 bits per heavy atom. The van der Waals surface area contributed by atoms with Crippen LogP contribution < -0.4 is 4.90 Å². The number of aromatic amines is 1. The average molecular weight is 417 g/mol. The molecule has 6 rings (SSSR count). The fraction of sp³-hybridized carbons (Fsp3) is 0.273. The number of nitrogens with one attached hydrogen (secondary N) is 1. The molecule has 2 aliphatic heterocycles. The summed E-state index contributed by atoms with van der Waals surface area (Å²) in [4.78, 5) is 17.9. The minimum absolute atomic E-state index is 0.720. The number of thiophene rings is 1. The molecule has 0 saturated carbocycles. The fourth-order valence-electron chi connectivity index (χ4n) is 4.04. The van der Waals surface area contributed by atoms with Crippen molar-refractivity contribution in [3.05, 3.63) is 41.4 Å². The van der Waals surface area contributed by atoms with E-state index in [1.807, 2.05) is 24.5 Å². The fourth-order valence-corrected chi connectivity index (χ4v) is 5.20. The summed E-state index contributed by atoms with van der Waals surface area (Å²) >= 11 is 1.78. The van der Waals surface area contributed by atoms with Gasteiger partial charge in [0, 0.05) is 41.7 Å². The molecule has 7 nitrogen and oxygen atoms in total. The summed E-state index contributed by atoms with van der Waals surface area (Å²) < 4.78 is 6.72. The number of dihydropyridines is 1. The van der Waals surface area contributed by atoms with E-state index in [0.29, 0.717) is 0 Å². The predicted molar refractivity (Wildman–Crippen MR) is 121 cm³/mol. The second-order valence-corrected chi connectivity index (χ2v) is 8.48. The van der Waals surface area contributed by atoms with E-state index in [4.69, 9.17) is 14.7 Å². The molecule has 0 aliphatic carbocycles. The van der Waals surface area contributed by atoms with Gasteiger partial charge in [-0.2, -0.15) is 5.10 Å². The number of ether oxygens (including phenoxy) is 1. The van der Waals surface area contributed by atoms with E-state index in [1.54, 1.807) is 11.3 Å². The maximum Gasteiger partial charge on any atom is 0.162 e. The quantitative estimate of drug-likeness (QED) is 0.547. The lowest BCUT2D eigenvalue weighted by Crippen LogP contribution is -2.36. The smallest absolute Gasteiger partial charge is 0.162 e. The first-order chi connectivity index (χ1) is 14.9. The third kappa shape index (κ3) is 3.00. The largest absolute Gasteiger partial charge is 0.378 e. The normalized spacial score (nSPS) is 17.1. The van der Waals surface area contributed by atoms with Gasteiger partial charge in [-0.25, -0.2) is 9.97 Å². The Bertz CT molecular complexity index is 1300. The number of H-pyrrole nitrogens is 1. The van der Waals surface area contributed by atoms with E-state index in [0.717, 1.165) is 77.6 Å². The van der Waals surface area contributed by atoms with Crippen LogP contribution in [0.3, 0.4) is 0 Å². The highest BCUT2D eigenvalue weighted by molar-refractivity contribution is 7.20. The lowest BCUT2D eigenvalue weighted by atomic mass is 10.1. The molecular formula is C22H20N6OS. The van der Waals surface area contributed by atoms with Gasteiger partial charge in [-0.15, -0.1) is 11.3 Å². The summed E-state index contributed by atoms with van der Waals surface area (Å²) in [7, 11) is 0. The van der Waals surface area contributed by atoms with Crippen LogP contribution in [0.4, 0.5) is 5.82 Å². The van der Waals surface area contributed by atoms with Crippen LogP contribution in [0.25, 0.3) is 38.1 Å². The third-order valence-electron chi connectivity index (χ3n) is 5.60. The summed E-state index contributed by atoms with van der Waals surface area (Å²) in [6.45, 7) is 3.96. The number of benzene rings is 1. The van der Waals surface area contributed by atoms with Crippen molar-refractivity contribution in [3.8, 4) is 11.4 Å². The molecule has 0 bridgehead atoms. The molecule has 1 saturated heterocycles. The van der Waals surface area contributed by atoms with Gasteiger partial charge in [0.05, 0.1) is 35.1 Å². The first-order valence-electron chi connectivity index (χ1n) is 10.1. The monoisotopic (exact) mass is 416 g/mol. The molecule has 4 aromatic rings. The summed E-state index contributed by atoms with van der Waals surface area (Å²) in [6, 6.07) is 8.31. The van der Waals surface area contributed by atoms with Gasteiger partial charge in [-0.3, -0.25) is 10.1 Å². The van der Waals surface area contributed by atoms with E-state index < -0.39 is 0 Å². The molecule has 2 aliphatic rings. The number of morpholine rings is 1. The van der Waals surface area contributed by atoms with Gasteiger partial charge in [0.1, 0.15) is 0 Å². The average Bonchev–Trinajstić information content (AvgIpc) is 3.46. The lowest BCUT2D eigenvalue weighted by molar-refractivity contribution is 0.122. The van der Waals surface area contributed by atoms with Crippen LogP contribution in [-0.2, 0) is 4.74 Å². The number of aliphatic imine (C=N–C) groups is 1. The van der Waals surface area contributed by atoms with E-state index in [-0.39, 0.29) is 0 Å². The van der Waals surface area contributed by atoms with Crippen LogP contribution >= 0.6 is 11.3 Å². The molecule has 30 heavy (non-hydrogen) atoms. The van der Waals surface area contributed by atoms with Crippen LogP contribution in [0.2, 0.25) is 0 Å². The Balaban J connectivity index is 1.56. The van der Waals surface area contributed by atoms with Gasteiger partial charge in [-0.05, 0) is 30.2 Å². The van der Waals surface area contributed by atoms with E-state index in [9.17, 15) is 0 Å². The van der Waals surface area contributed by atoms with Gasteiger partial charge in [0.15, 0.2) is 11.6 Å². The zero-order valence-corrected chi connectivity index (χ0v) is 17.2. The highest BCUT2D eigenvalue weighted by Crippen LogP contribution is 2.38. The van der Waals surface area contributed by atoms with Gasteiger partial charge < -0.3 is 9.64 Å². The number of aromatic nitrogens is 4. The summed E-state index contributed by atoms with van der Waals surface area (Å²) in [5.74, 6) is 1.74. The number of allylic oxidation sites excluding steroid dienone is 1. The van der Waals surface area contributed by atoms with Crippen molar-refractivity contribution in [1.29, 1.82) is 0 Å². The van der Waals surface area contributed by atoms with E-state index in [1.165, 1.54) is 10.5 Å². The molecule has 8 heteroatoms. The molecule has 1 aromatic carbocycles. The molecule has 0 unspecified atom stereocenters. The molecule has 3 aromatic heterocycles. The maximum atomic E-state index is 5.58. The zero-order valence-electron chi connectivity index (χ0n) is 16.3. The van der Waals surface area contributed by atoms with Gasteiger partial charge >= 0.3 is 0 Å². The minimum atomic E-state index is 0.720. The zero-order chi connectivity index (χ0) is 19.9. The number of fused-ring (bicyclic) bond motifs is 2. The Hall–Kier alpha value is -3.10. The van der Waals surface area contributed by atoms with Gasteiger partial charge in [0.25, 0.3) is 0 Å². The number of rotatable bonds is 3. The van der Waals surface area contributed by atoms with Crippen LogP contribution in [0, 0.1) is 0 Å². The third-order valence-corrected chi connectivity index (χ3v) is 6.79. The molecule has 1 N–H and O–H groups in total. The van der Waals surface area contributed by atoms with Crippen molar-refractivity contribution in [1.82, 2.24) is 20.2 Å². The summed E-state index contributed by atoms with van der Waals surface area (Å²) in [6.07, 6.45) is 6.83. The molecule has 0 amide bonds. The molecule has 5 heterocycles. The second kappa shape index (κ2) is 7.30. The number of anilines is 1. The van der Waals surface area contributed by atoms with Crippen molar-refractivity contribution >= 4 is 50.1 Å². The Labute approximate surface area is 177 Å². The molecular weight excluding hydrogens is 396 g/mol. The Kier molecular flexibility index (Phi) is 4.32. The van der Waals surface area contributed by atoms with Gasteiger partial charge in [-0.1, -0.05) is 12.1 Å². The molecule has 0 atom stereocenters. The van der Waals surface area contributed by atoms with Crippen molar-refractivity contribution in [3.63, 3.8) is 0 Å². The number of hydrogen-bond acceptors (Lipinski definition) is 7. The van der Waals surface area contributed by atoms with Gasteiger partial charge in [0.2, 0.25) is 0 Å². The number of hydrogen-bond donors (Lipinski definition) is 1. The lowest BCUT2D eigenvalue weighted by Gasteiger charge is -2.28. The first kappa shape index (κ1) is 17.7. The summed E-state index contributed by atoms with van der Waals surface area (Å²) in [5, 5.41) is 8.28. The highest BCUT2D eigenvalue weighted by atomic mass is 32.1. The number of nitrogens with zero attached hydrogens (tertiary/aromatic N) is 5. The SMILES string of the molecule is C1=NCCC(c2cc3nc(-c4cccc5[nH]ncc45)nc(N4CCOCC4)c3s2)=C1. The highest BCUT2D eigenvalue weighted by Gasteiger charge is 2.21. The molecule has 1 fully saturated rings.